The van der Waals surface area contributed by atoms with Crippen molar-refractivity contribution in [3.63, 3.8) is 0 Å². The largest absolute Gasteiger partial charge is 0.366 e. The number of pyridine rings is 1. The van der Waals surface area contributed by atoms with Crippen molar-refractivity contribution in [1.29, 1.82) is 0 Å². The third-order valence-electron chi connectivity index (χ3n) is 4.61. The first-order chi connectivity index (χ1) is 12.0. The number of fused-ring (bicyclic) bond motifs is 1. The van der Waals surface area contributed by atoms with Crippen LogP contribution in [0.2, 0.25) is 0 Å². The monoisotopic (exact) mass is 360 g/mol. The quantitative estimate of drug-likeness (QED) is 0.743. The Bertz CT molecular complexity index is 783. The molecule has 6 heteroatoms. The molecule has 0 spiro atoms. The summed E-state index contributed by atoms with van der Waals surface area (Å²) in [5, 5.41) is 4.75. The Morgan fingerprint density at radius 2 is 1.96 bits per heavy atom. The van der Waals surface area contributed by atoms with Gasteiger partial charge in [-0.05, 0) is 49.2 Å². The fourth-order valence-electron chi connectivity index (χ4n) is 2.96. The Labute approximate surface area is 155 Å². The number of para-hydroxylation sites is 1. The maximum Gasteiger partial charge on any atom is 0.253 e. The molecule has 0 fully saturated rings. The van der Waals surface area contributed by atoms with Gasteiger partial charge in [0.1, 0.15) is 0 Å². The van der Waals surface area contributed by atoms with Gasteiger partial charge in [-0.25, -0.2) is 0 Å². The minimum Gasteiger partial charge on any atom is -0.366 e. The van der Waals surface area contributed by atoms with Crippen molar-refractivity contribution < 1.29 is 0 Å². The minimum atomic E-state index is -0.0476. The van der Waals surface area contributed by atoms with Crippen LogP contribution < -0.4 is 10.9 Å². The summed E-state index contributed by atoms with van der Waals surface area (Å²) in [6, 6.07) is 8.02. The molecule has 0 aliphatic rings. The smallest absolute Gasteiger partial charge is 0.253 e. The molecule has 0 bridgehead atoms. The fourth-order valence-corrected chi connectivity index (χ4v) is 3.12. The number of hydrogen-bond acceptors (Lipinski definition) is 3. The van der Waals surface area contributed by atoms with Crippen molar-refractivity contribution in [3.8, 4) is 0 Å². The molecule has 0 atom stereocenters. The van der Waals surface area contributed by atoms with E-state index < -0.39 is 0 Å². The molecule has 0 aliphatic carbocycles. The average Bonchev–Trinajstić information content (AvgIpc) is 2.62. The number of benzene rings is 1. The van der Waals surface area contributed by atoms with Gasteiger partial charge in [0.05, 0.1) is 12.1 Å². The Morgan fingerprint density at radius 1 is 1.24 bits per heavy atom. The molecular weight excluding hydrogens is 332 g/mol. The number of thiocarbonyl (C=S) groups is 1. The summed E-state index contributed by atoms with van der Waals surface area (Å²) in [6.07, 6.45) is 0. The lowest BCUT2D eigenvalue weighted by molar-refractivity contribution is 0.264. The number of rotatable bonds is 7. The lowest BCUT2D eigenvalue weighted by Gasteiger charge is -2.28. The molecule has 0 unspecified atom stereocenters. The van der Waals surface area contributed by atoms with Crippen molar-refractivity contribution in [2.24, 2.45) is 0 Å². The van der Waals surface area contributed by atoms with Crippen LogP contribution in [0.5, 0.6) is 0 Å². The van der Waals surface area contributed by atoms with Gasteiger partial charge in [-0.3, -0.25) is 4.79 Å². The van der Waals surface area contributed by atoms with Crippen LogP contribution >= 0.6 is 12.2 Å². The molecule has 25 heavy (non-hydrogen) atoms. The first-order valence-corrected chi connectivity index (χ1v) is 9.21. The van der Waals surface area contributed by atoms with Crippen LogP contribution in [-0.2, 0) is 6.54 Å². The molecule has 1 aromatic carbocycles. The van der Waals surface area contributed by atoms with Gasteiger partial charge in [-0.15, -0.1) is 0 Å². The summed E-state index contributed by atoms with van der Waals surface area (Å²) in [5.41, 5.74) is 2.66. The molecular formula is C19H28N4OS. The zero-order valence-electron chi connectivity index (χ0n) is 15.6. The molecule has 0 aliphatic heterocycles. The highest BCUT2D eigenvalue weighted by Gasteiger charge is 2.14. The summed E-state index contributed by atoms with van der Waals surface area (Å²) < 4.78 is 0. The summed E-state index contributed by atoms with van der Waals surface area (Å²) in [4.78, 5) is 19.9. The molecule has 0 saturated carbocycles. The van der Waals surface area contributed by atoms with E-state index in [0.717, 1.165) is 48.2 Å². The van der Waals surface area contributed by atoms with Gasteiger partial charge >= 0.3 is 0 Å². The van der Waals surface area contributed by atoms with Crippen molar-refractivity contribution in [2.75, 3.05) is 33.2 Å². The van der Waals surface area contributed by atoms with Crippen LogP contribution in [0.4, 0.5) is 0 Å². The van der Waals surface area contributed by atoms with E-state index in [0.29, 0.717) is 11.7 Å². The van der Waals surface area contributed by atoms with Gasteiger partial charge in [-0.1, -0.05) is 32.0 Å². The third-order valence-corrected chi connectivity index (χ3v) is 5.07. The number of aromatic nitrogens is 1. The van der Waals surface area contributed by atoms with Crippen LogP contribution in [-0.4, -0.2) is 53.1 Å². The molecule has 1 aromatic heterocycles. The minimum absolute atomic E-state index is 0.0476. The maximum absolute atomic E-state index is 12.5. The zero-order chi connectivity index (χ0) is 18.4. The van der Waals surface area contributed by atoms with Gasteiger partial charge < -0.3 is 20.1 Å². The van der Waals surface area contributed by atoms with E-state index in [1.807, 2.05) is 38.2 Å². The number of aryl methyl sites for hydroxylation is 1. The van der Waals surface area contributed by atoms with Gasteiger partial charge in [0, 0.05) is 25.7 Å². The predicted molar refractivity (Wildman–Crippen MR) is 109 cm³/mol. The Morgan fingerprint density at radius 3 is 2.60 bits per heavy atom. The highest BCUT2D eigenvalue weighted by molar-refractivity contribution is 7.80. The van der Waals surface area contributed by atoms with Crippen LogP contribution in [0, 0.1) is 6.92 Å². The lowest BCUT2D eigenvalue weighted by atomic mass is 10.1. The molecule has 5 nitrogen and oxygen atoms in total. The van der Waals surface area contributed by atoms with Gasteiger partial charge in [0.2, 0.25) is 0 Å². The van der Waals surface area contributed by atoms with Crippen LogP contribution in [0.25, 0.3) is 10.9 Å². The van der Waals surface area contributed by atoms with Crippen LogP contribution in [0.3, 0.4) is 0 Å². The highest BCUT2D eigenvalue weighted by atomic mass is 32.1. The van der Waals surface area contributed by atoms with E-state index in [1.54, 1.807) is 0 Å². The molecule has 0 radical (unpaired) electrons. The van der Waals surface area contributed by atoms with Crippen LogP contribution in [0.15, 0.2) is 29.1 Å². The number of hydrogen-bond donors (Lipinski definition) is 2. The second kappa shape index (κ2) is 8.97. The lowest BCUT2D eigenvalue weighted by Crippen LogP contribution is -2.43. The molecule has 0 saturated heterocycles. The summed E-state index contributed by atoms with van der Waals surface area (Å²) in [6.45, 7) is 10.5. The van der Waals surface area contributed by atoms with E-state index in [2.05, 4.69) is 33.9 Å². The summed E-state index contributed by atoms with van der Waals surface area (Å²) >= 11 is 5.44. The molecule has 0 amide bonds. The molecule has 2 rings (SSSR count). The first kappa shape index (κ1) is 19.4. The number of likely N-dealkylation sites (N-methyl/N-ethyl adjacent to an activating group) is 1. The first-order valence-electron chi connectivity index (χ1n) is 8.80. The molecule has 1 heterocycles. The highest BCUT2D eigenvalue weighted by Crippen LogP contribution is 2.15. The van der Waals surface area contributed by atoms with Gasteiger partial charge in [0.15, 0.2) is 5.11 Å². The summed E-state index contributed by atoms with van der Waals surface area (Å²) in [7, 11) is 1.82. The van der Waals surface area contributed by atoms with Crippen molar-refractivity contribution in [1.82, 2.24) is 20.1 Å². The Kier molecular flexibility index (Phi) is 6.96. The Hall–Kier alpha value is -1.92. The third kappa shape index (κ3) is 4.80. The maximum atomic E-state index is 12.5. The number of H-pyrrole nitrogens is 1. The average molecular weight is 361 g/mol. The molecule has 2 N–H and O–H groups in total. The van der Waals surface area contributed by atoms with E-state index in [4.69, 9.17) is 12.2 Å². The zero-order valence-corrected chi connectivity index (χ0v) is 16.4. The van der Waals surface area contributed by atoms with E-state index >= 15 is 0 Å². The van der Waals surface area contributed by atoms with Crippen LogP contribution in [0.1, 0.15) is 25.0 Å². The number of nitrogens with one attached hydrogen (secondary N) is 2. The standard InChI is InChI=1S/C19H28N4OS/c1-5-22(6-2)10-11-23(19(25)20-4)13-16-12-15-9-7-8-14(3)17(15)21-18(16)24/h7-9,12H,5-6,10-11,13H2,1-4H3,(H,20,25)(H,21,24). The summed E-state index contributed by atoms with van der Waals surface area (Å²) in [5.74, 6) is 0. The van der Waals surface area contributed by atoms with E-state index in [9.17, 15) is 4.79 Å². The van der Waals surface area contributed by atoms with E-state index in [1.165, 1.54) is 0 Å². The predicted octanol–water partition coefficient (Wildman–Crippen LogP) is 2.48. The normalized spacial score (nSPS) is 11.1. The molecule has 136 valence electrons. The number of nitrogens with zero attached hydrogens (tertiary/aromatic N) is 2. The van der Waals surface area contributed by atoms with Gasteiger partial charge in [0.25, 0.3) is 5.56 Å². The number of aromatic amines is 1. The second-order valence-electron chi connectivity index (χ2n) is 6.17. The van der Waals surface area contributed by atoms with Gasteiger partial charge in [-0.2, -0.15) is 0 Å². The topological polar surface area (TPSA) is 51.4 Å². The van der Waals surface area contributed by atoms with Crippen molar-refractivity contribution in [2.45, 2.75) is 27.3 Å². The molecule has 2 aromatic rings. The van der Waals surface area contributed by atoms with Crippen molar-refractivity contribution in [3.05, 3.63) is 45.7 Å². The Balaban J connectivity index is 2.26. The van der Waals surface area contributed by atoms with Crippen molar-refractivity contribution >= 4 is 28.2 Å². The fraction of sp³-hybridized carbons (Fsp3) is 0.474. The SMILES string of the molecule is CCN(CC)CCN(Cc1cc2cccc(C)c2[nH]c1=O)C(=S)NC. The second-order valence-corrected chi connectivity index (χ2v) is 6.55. The van der Waals surface area contributed by atoms with E-state index in [-0.39, 0.29) is 5.56 Å².